The van der Waals surface area contributed by atoms with Gasteiger partial charge in [0.15, 0.2) is 5.11 Å². The first kappa shape index (κ1) is 19.5. The number of aromatic nitrogens is 2. The SMILES string of the molecule is Cc1nccn1-c1ccc(CNC(=S)Nc2ccc(OC3CCCC3)cc2)cc1. The minimum atomic E-state index is 0.376. The maximum Gasteiger partial charge on any atom is 0.171 e. The average molecular weight is 407 g/mol. The highest BCUT2D eigenvalue weighted by Gasteiger charge is 2.16. The molecule has 0 unspecified atom stereocenters. The Labute approximate surface area is 177 Å². The van der Waals surface area contributed by atoms with Crippen LogP contribution in [0.2, 0.25) is 0 Å². The topological polar surface area (TPSA) is 51.1 Å². The fourth-order valence-electron chi connectivity index (χ4n) is 3.60. The number of nitrogens with one attached hydrogen (secondary N) is 2. The quantitative estimate of drug-likeness (QED) is 0.565. The van der Waals surface area contributed by atoms with E-state index in [9.17, 15) is 0 Å². The van der Waals surface area contributed by atoms with Gasteiger partial charge in [-0.1, -0.05) is 12.1 Å². The van der Waals surface area contributed by atoms with Crippen LogP contribution < -0.4 is 15.4 Å². The van der Waals surface area contributed by atoms with Gasteiger partial charge in [-0.05, 0) is 86.8 Å². The molecule has 0 spiro atoms. The Bertz CT molecular complexity index is 944. The molecule has 2 N–H and O–H groups in total. The summed E-state index contributed by atoms with van der Waals surface area (Å²) in [6, 6.07) is 16.4. The van der Waals surface area contributed by atoms with E-state index < -0.39 is 0 Å². The Kier molecular flexibility index (Phi) is 6.10. The number of imidazole rings is 1. The molecule has 0 aliphatic heterocycles. The van der Waals surface area contributed by atoms with Crippen molar-refractivity contribution in [3.05, 3.63) is 72.3 Å². The van der Waals surface area contributed by atoms with Gasteiger partial charge >= 0.3 is 0 Å². The highest BCUT2D eigenvalue weighted by molar-refractivity contribution is 7.80. The first-order valence-corrected chi connectivity index (χ1v) is 10.5. The Balaban J connectivity index is 1.26. The smallest absolute Gasteiger partial charge is 0.171 e. The number of hydrogen-bond donors (Lipinski definition) is 2. The normalized spacial score (nSPS) is 14.0. The Morgan fingerprint density at radius 2 is 1.83 bits per heavy atom. The van der Waals surface area contributed by atoms with Crippen LogP contribution in [0.25, 0.3) is 5.69 Å². The van der Waals surface area contributed by atoms with E-state index in [1.165, 1.54) is 12.8 Å². The number of thiocarbonyl (C=S) groups is 1. The molecular weight excluding hydrogens is 380 g/mol. The molecule has 4 rings (SSSR count). The summed E-state index contributed by atoms with van der Waals surface area (Å²) < 4.78 is 8.06. The lowest BCUT2D eigenvalue weighted by Crippen LogP contribution is -2.27. The van der Waals surface area contributed by atoms with Crippen molar-refractivity contribution < 1.29 is 4.74 Å². The predicted molar refractivity (Wildman–Crippen MR) is 121 cm³/mol. The van der Waals surface area contributed by atoms with E-state index in [0.717, 1.165) is 41.4 Å². The maximum absolute atomic E-state index is 6.00. The zero-order valence-electron chi connectivity index (χ0n) is 16.6. The zero-order valence-corrected chi connectivity index (χ0v) is 17.4. The van der Waals surface area contributed by atoms with E-state index in [1.807, 2.05) is 43.6 Å². The second-order valence-electron chi connectivity index (χ2n) is 7.37. The van der Waals surface area contributed by atoms with E-state index in [0.29, 0.717) is 17.8 Å². The summed E-state index contributed by atoms with van der Waals surface area (Å²) in [6.45, 7) is 2.66. The Morgan fingerprint density at radius 1 is 1.10 bits per heavy atom. The van der Waals surface area contributed by atoms with Crippen molar-refractivity contribution in [2.24, 2.45) is 0 Å². The van der Waals surface area contributed by atoms with Gasteiger partial charge in [-0.3, -0.25) is 0 Å². The molecule has 29 heavy (non-hydrogen) atoms. The van der Waals surface area contributed by atoms with Crippen molar-refractivity contribution in [2.75, 3.05) is 5.32 Å². The van der Waals surface area contributed by atoms with Gasteiger partial charge in [-0.2, -0.15) is 0 Å². The molecule has 0 radical (unpaired) electrons. The molecule has 3 aromatic rings. The molecule has 0 atom stereocenters. The molecule has 0 saturated heterocycles. The molecule has 1 fully saturated rings. The van der Waals surface area contributed by atoms with Crippen LogP contribution in [0.3, 0.4) is 0 Å². The van der Waals surface area contributed by atoms with Gasteiger partial charge in [0, 0.05) is 30.3 Å². The number of ether oxygens (including phenoxy) is 1. The van der Waals surface area contributed by atoms with Crippen molar-refractivity contribution in [2.45, 2.75) is 45.3 Å². The third-order valence-corrected chi connectivity index (χ3v) is 5.46. The second kappa shape index (κ2) is 9.09. The second-order valence-corrected chi connectivity index (χ2v) is 7.78. The molecule has 1 heterocycles. The minimum absolute atomic E-state index is 0.376. The van der Waals surface area contributed by atoms with Crippen LogP contribution >= 0.6 is 12.2 Å². The molecular formula is C23H26N4OS. The van der Waals surface area contributed by atoms with E-state index in [2.05, 4.69) is 44.5 Å². The highest BCUT2D eigenvalue weighted by atomic mass is 32.1. The van der Waals surface area contributed by atoms with E-state index in [-0.39, 0.29) is 0 Å². The van der Waals surface area contributed by atoms with Crippen molar-refractivity contribution in [1.29, 1.82) is 0 Å². The van der Waals surface area contributed by atoms with Gasteiger partial charge in [0.25, 0.3) is 0 Å². The molecule has 2 aromatic carbocycles. The third kappa shape index (κ3) is 5.15. The molecule has 1 aromatic heterocycles. The van der Waals surface area contributed by atoms with E-state index >= 15 is 0 Å². The summed E-state index contributed by atoms with van der Waals surface area (Å²) in [5, 5.41) is 7.08. The van der Waals surface area contributed by atoms with E-state index in [4.69, 9.17) is 17.0 Å². The first-order chi connectivity index (χ1) is 14.2. The van der Waals surface area contributed by atoms with Crippen LogP contribution in [0, 0.1) is 6.92 Å². The number of hydrogen-bond acceptors (Lipinski definition) is 3. The number of aryl methyl sites for hydroxylation is 1. The molecule has 150 valence electrons. The van der Waals surface area contributed by atoms with Crippen molar-refractivity contribution in [3.63, 3.8) is 0 Å². The van der Waals surface area contributed by atoms with Gasteiger partial charge in [-0.25, -0.2) is 4.98 Å². The monoisotopic (exact) mass is 406 g/mol. The highest BCUT2D eigenvalue weighted by Crippen LogP contribution is 2.25. The van der Waals surface area contributed by atoms with Crippen molar-refractivity contribution >= 4 is 23.0 Å². The van der Waals surface area contributed by atoms with Crippen LogP contribution in [0.4, 0.5) is 5.69 Å². The van der Waals surface area contributed by atoms with Crippen molar-refractivity contribution in [1.82, 2.24) is 14.9 Å². The summed E-state index contributed by atoms with van der Waals surface area (Å²) in [4.78, 5) is 4.26. The predicted octanol–water partition coefficient (Wildman–Crippen LogP) is 4.99. The van der Waals surface area contributed by atoms with Crippen LogP contribution in [-0.4, -0.2) is 20.8 Å². The molecule has 0 amide bonds. The van der Waals surface area contributed by atoms with Gasteiger partial charge in [-0.15, -0.1) is 0 Å². The Hall–Kier alpha value is -2.86. The van der Waals surface area contributed by atoms with Gasteiger partial charge in [0.05, 0.1) is 6.10 Å². The van der Waals surface area contributed by atoms with Gasteiger partial charge < -0.3 is 19.9 Å². The number of nitrogens with zero attached hydrogens (tertiary/aromatic N) is 2. The number of benzene rings is 2. The molecule has 6 heteroatoms. The fourth-order valence-corrected chi connectivity index (χ4v) is 3.79. The summed E-state index contributed by atoms with van der Waals surface area (Å²) in [6.07, 6.45) is 9.02. The summed E-state index contributed by atoms with van der Waals surface area (Å²) in [5.41, 5.74) is 3.22. The maximum atomic E-state index is 6.00. The first-order valence-electron chi connectivity index (χ1n) is 10.1. The lowest BCUT2D eigenvalue weighted by Gasteiger charge is -2.14. The largest absolute Gasteiger partial charge is 0.490 e. The van der Waals surface area contributed by atoms with Crippen molar-refractivity contribution in [3.8, 4) is 11.4 Å². The molecule has 1 saturated carbocycles. The zero-order chi connectivity index (χ0) is 20.1. The number of anilines is 1. The van der Waals surface area contributed by atoms with Crippen LogP contribution in [-0.2, 0) is 6.54 Å². The molecule has 5 nitrogen and oxygen atoms in total. The standard InChI is InChI=1S/C23H26N4OS/c1-17-24-14-15-27(17)20-10-6-18(7-11-20)16-25-23(29)26-19-8-12-22(13-9-19)28-21-4-2-3-5-21/h6-15,21H,2-5,16H2,1H3,(H2,25,26,29). The molecule has 0 bridgehead atoms. The van der Waals surface area contributed by atoms with Gasteiger partial charge in [0.1, 0.15) is 11.6 Å². The molecule has 1 aliphatic carbocycles. The summed E-state index contributed by atoms with van der Waals surface area (Å²) in [5.74, 6) is 1.90. The van der Waals surface area contributed by atoms with Crippen LogP contribution in [0.1, 0.15) is 37.1 Å². The summed E-state index contributed by atoms with van der Waals surface area (Å²) in [7, 11) is 0. The molecule has 1 aliphatic rings. The number of rotatable bonds is 6. The van der Waals surface area contributed by atoms with Crippen LogP contribution in [0.5, 0.6) is 5.75 Å². The average Bonchev–Trinajstić information content (AvgIpc) is 3.40. The lowest BCUT2D eigenvalue weighted by molar-refractivity contribution is 0.210. The minimum Gasteiger partial charge on any atom is -0.490 e. The van der Waals surface area contributed by atoms with Gasteiger partial charge in [0.2, 0.25) is 0 Å². The van der Waals surface area contributed by atoms with Crippen LogP contribution in [0.15, 0.2) is 60.9 Å². The Morgan fingerprint density at radius 3 is 2.48 bits per heavy atom. The lowest BCUT2D eigenvalue weighted by atomic mass is 10.2. The third-order valence-electron chi connectivity index (χ3n) is 5.21. The fraction of sp³-hybridized carbons (Fsp3) is 0.304. The van der Waals surface area contributed by atoms with E-state index in [1.54, 1.807) is 0 Å². The summed E-state index contributed by atoms with van der Waals surface area (Å²) >= 11 is 5.43.